The summed E-state index contributed by atoms with van der Waals surface area (Å²) < 4.78 is 79.5. The molecule has 0 aromatic carbocycles. The van der Waals surface area contributed by atoms with Crippen LogP contribution in [0.1, 0.15) is 0 Å². The van der Waals surface area contributed by atoms with Crippen molar-refractivity contribution in [3.05, 3.63) is 0 Å². The van der Waals surface area contributed by atoms with Crippen LogP contribution in [0.3, 0.4) is 0 Å². The van der Waals surface area contributed by atoms with Gasteiger partial charge in [-0.2, -0.15) is 0 Å². The predicted molar refractivity (Wildman–Crippen MR) is 257 cm³/mol. The van der Waals surface area contributed by atoms with Crippen LogP contribution in [0.2, 0.25) is 0 Å². The van der Waals surface area contributed by atoms with Gasteiger partial charge in [0.1, 0.15) is 171 Å². The summed E-state index contributed by atoms with van der Waals surface area (Å²) in [4.78, 5) is 0. The van der Waals surface area contributed by atoms with Gasteiger partial charge >= 0.3 is 0 Å². The first-order valence-electron chi connectivity index (χ1n) is 24.6. The highest BCUT2D eigenvalue weighted by molar-refractivity contribution is 5.01. The van der Waals surface area contributed by atoms with Gasteiger partial charge in [-0.3, -0.25) is 0 Å². The minimum Gasteiger partial charge on any atom is -0.412 e. The van der Waals surface area contributed by atoms with E-state index in [0.717, 1.165) is 0 Å². The third-order valence-electron chi connectivity index (χ3n) is 14.8. The lowest BCUT2D eigenvalue weighted by Crippen LogP contribution is -2.68. The maximum atomic E-state index is 11.3. The molecule has 21 fully saturated rings. The molecular weight excluding hydrogens is 1190 g/mol. The molecule has 21 heterocycles. The van der Waals surface area contributed by atoms with Crippen LogP contribution < -0.4 is 0 Å². The second-order valence-corrected chi connectivity index (χ2v) is 19.7. The van der Waals surface area contributed by atoms with E-state index in [9.17, 15) is 107 Å². The highest BCUT2D eigenvalue weighted by Crippen LogP contribution is 2.39. The Morgan fingerprint density at radius 1 is 0.153 bits per heavy atom. The summed E-state index contributed by atoms with van der Waals surface area (Å²) >= 11 is 0. The molecule has 0 aromatic rings. The summed E-state index contributed by atoms with van der Waals surface area (Å²) in [7, 11) is 0. The van der Waals surface area contributed by atoms with Crippen LogP contribution >= 0.6 is 0 Å². The second-order valence-electron chi connectivity index (χ2n) is 19.7. The first-order chi connectivity index (χ1) is 36.7. The van der Waals surface area contributed by atoms with Crippen molar-refractivity contribution in [2.24, 2.45) is 0 Å². The molecule has 0 radical (unpaired) electrons. The van der Waals surface area contributed by atoms with Gasteiger partial charge in [0.05, 0.1) is 46.2 Å². The number of hydrogen-bond donors (Lipinski definition) is 21. The van der Waals surface area contributed by atoms with E-state index < -0.39 is 261 Å². The zero-order valence-electron chi connectivity index (χ0n) is 44.3. The van der Waals surface area contributed by atoms with Crippen LogP contribution in [0.15, 0.2) is 0 Å². The number of ether oxygens (including phenoxy) is 14. The predicted octanol–water partition coefficient (Wildman–Crippen LogP) is -21.8. The summed E-state index contributed by atoms with van der Waals surface area (Å²) in [6.07, 6.45) is -70.2. The standard InChI is InChI=1S/C42H70O35.8H2O/c43-1-8-29-15(50)22(57)36(64-8)72-30-9(2-44)66-38(24(59)17(30)52)74-32-11(4-46)68-40(26(61)19(32)54)76-34-13(6-48)70-42(28(63)21(34)56)77-35-14(7-49)69-41(27(62)20(35)55)75-33-12(5-47)67-39(25(60)18(33)53)73-31-10(3-45)65-37(71-29)23(58)16(31)51;;;;;;;;/h8-63H,1-7H2;8*1H2/t8-,9-,10-,11-,12-,13-,14-,15-,16-,17-,18-,19-,20-,21-,22-,23-,24-,25-,26-,27-,28-,29-,30-,31-,32-,33-,34-,35-,36-,37-,38-,39-,40-,41-,42-;;;;;;;;/m1......../s1. The fourth-order valence-electron chi connectivity index (χ4n) is 10.4. The zero-order chi connectivity index (χ0) is 56.1. The number of hydrogen-bond acceptors (Lipinski definition) is 35. The Hall–Kier alpha value is -1.72. The molecule has 0 aromatic heterocycles. The molecule has 14 bridgehead atoms. The van der Waals surface area contributed by atoms with Crippen LogP contribution in [0, 0.1) is 0 Å². The first-order valence-corrected chi connectivity index (χ1v) is 24.6. The van der Waals surface area contributed by atoms with Gasteiger partial charge in [-0.15, -0.1) is 0 Å². The average molecular weight is 1280 g/mol. The summed E-state index contributed by atoms with van der Waals surface area (Å²) in [6.45, 7) is -7.33. The molecule has 0 aliphatic carbocycles. The topological polar surface area (TPSA) is 806 Å². The van der Waals surface area contributed by atoms with E-state index >= 15 is 0 Å². The Bertz CT molecular complexity index is 1480. The van der Waals surface area contributed by atoms with E-state index in [-0.39, 0.29) is 43.8 Å². The molecule has 21 rings (SSSR count). The summed E-state index contributed by atoms with van der Waals surface area (Å²) in [5.74, 6) is 0. The van der Waals surface area contributed by atoms with Crippen LogP contribution in [0.5, 0.6) is 0 Å². The third-order valence-corrected chi connectivity index (χ3v) is 14.8. The van der Waals surface area contributed by atoms with E-state index in [1.54, 1.807) is 0 Å². The fourth-order valence-corrected chi connectivity index (χ4v) is 10.4. The van der Waals surface area contributed by atoms with Crippen molar-refractivity contribution in [3.63, 3.8) is 0 Å². The third kappa shape index (κ3) is 16.3. The Kier molecular flexibility index (Phi) is 34.5. The van der Waals surface area contributed by atoms with Crippen molar-refractivity contribution in [3.8, 4) is 0 Å². The van der Waals surface area contributed by atoms with Gasteiger partial charge in [0.15, 0.2) is 44.0 Å². The van der Waals surface area contributed by atoms with Crippen molar-refractivity contribution in [2.45, 2.75) is 215 Å². The molecule has 0 spiro atoms. The van der Waals surface area contributed by atoms with E-state index in [1.165, 1.54) is 0 Å². The zero-order valence-corrected chi connectivity index (χ0v) is 44.3. The maximum absolute atomic E-state index is 11.3. The maximum Gasteiger partial charge on any atom is 0.187 e. The molecule has 21 saturated heterocycles. The van der Waals surface area contributed by atoms with Gasteiger partial charge in [-0.05, 0) is 0 Å². The monoisotopic (exact) mass is 1280 g/mol. The van der Waals surface area contributed by atoms with Gasteiger partial charge in [0.2, 0.25) is 0 Å². The van der Waals surface area contributed by atoms with Crippen LogP contribution in [0.25, 0.3) is 0 Å². The van der Waals surface area contributed by atoms with Crippen molar-refractivity contribution < 1.29 is 217 Å². The lowest BCUT2D eigenvalue weighted by Gasteiger charge is -2.50. The quantitative estimate of drug-likeness (QED) is 0.113. The Labute approximate surface area is 478 Å². The fraction of sp³-hybridized carbons (Fsp3) is 1.00. The largest absolute Gasteiger partial charge is 0.412 e. The summed E-state index contributed by atoms with van der Waals surface area (Å²) in [5.41, 5.74) is 0. The summed E-state index contributed by atoms with van der Waals surface area (Å²) in [6, 6.07) is 0. The van der Waals surface area contributed by atoms with Crippen LogP contribution in [-0.4, -0.2) is 412 Å². The van der Waals surface area contributed by atoms with Gasteiger partial charge in [-0.25, -0.2) is 0 Å². The molecule has 0 amide bonds. The smallest absolute Gasteiger partial charge is 0.187 e. The number of aliphatic hydroxyl groups excluding tert-OH is 21. The first kappa shape index (κ1) is 83.3. The van der Waals surface area contributed by atoms with Crippen LogP contribution in [0.4, 0.5) is 0 Å². The number of rotatable bonds is 7. The highest BCUT2D eigenvalue weighted by atomic mass is 16.8. The minimum absolute atomic E-state index is 0. The molecule has 21 aliphatic heterocycles. The van der Waals surface area contributed by atoms with E-state index in [4.69, 9.17) is 66.3 Å². The van der Waals surface area contributed by atoms with Crippen molar-refractivity contribution >= 4 is 0 Å². The molecule has 512 valence electrons. The van der Waals surface area contributed by atoms with E-state index in [0.29, 0.717) is 0 Å². The van der Waals surface area contributed by atoms with E-state index in [1.807, 2.05) is 0 Å². The Morgan fingerprint density at radius 2 is 0.247 bits per heavy atom. The summed E-state index contributed by atoms with van der Waals surface area (Å²) in [5, 5.41) is 230. The van der Waals surface area contributed by atoms with Crippen molar-refractivity contribution in [2.75, 3.05) is 46.2 Å². The van der Waals surface area contributed by atoms with Gasteiger partial charge in [0.25, 0.3) is 0 Å². The SMILES string of the molecule is O.O.O.O.O.O.O.O.OC[C@H]1O[C@@H]2O[C@H]3[C@H](O)[C@@H](O)[C@@H](O[C@H]4[C@H](O)[C@@H](O)[C@@H](O[C@H]5[C@H](O)[C@@H](O)[C@@H](O[C@H]6[C@H](O)[C@@H](O)[C@@H](O[C@H]7[C@H](O)[C@@H](O)[C@@H](O[C@H]8[C@H](O)[C@@H](O)[C@@H](O[C@H]1[C@H](O)[C@H]2O)O[C@@H]8CO)O[C@@H]7CO)O[C@@H]6CO)O[C@@H]5CO)O[C@@H]4CO)O[C@@H]3CO. The Balaban J connectivity index is 0.00000882. The average Bonchev–Trinajstić information content (AvgIpc) is 1.95. The Morgan fingerprint density at radius 3 is 0.329 bits per heavy atom. The van der Waals surface area contributed by atoms with Crippen LogP contribution in [-0.2, 0) is 66.3 Å². The highest BCUT2D eigenvalue weighted by Gasteiger charge is 2.59. The van der Waals surface area contributed by atoms with Gasteiger partial charge in [-0.1, -0.05) is 0 Å². The van der Waals surface area contributed by atoms with Gasteiger partial charge in [0, 0.05) is 0 Å². The number of aliphatic hydroxyl groups is 21. The lowest BCUT2D eigenvalue weighted by molar-refractivity contribution is -0.396. The molecule has 21 aliphatic rings. The van der Waals surface area contributed by atoms with E-state index in [2.05, 4.69) is 0 Å². The normalized spacial score (nSPS) is 50.2. The molecule has 0 unspecified atom stereocenters. The molecular formula is C42H86O43. The molecule has 37 N–H and O–H groups in total. The lowest BCUT2D eigenvalue weighted by atomic mass is 9.95. The molecule has 43 nitrogen and oxygen atoms in total. The second kappa shape index (κ2) is 35.2. The molecule has 0 saturated carbocycles. The van der Waals surface area contributed by atoms with Crippen molar-refractivity contribution in [1.29, 1.82) is 0 Å². The van der Waals surface area contributed by atoms with Crippen molar-refractivity contribution in [1.82, 2.24) is 0 Å². The molecule has 35 atom stereocenters. The molecule has 43 heteroatoms. The minimum atomic E-state index is -2.21. The molecule has 85 heavy (non-hydrogen) atoms. The van der Waals surface area contributed by atoms with Gasteiger partial charge < -0.3 is 217 Å².